The molecule has 0 saturated carbocycles. The molecule has 4 aromatic rings. The Morgan fingerprint density at radius 1 is 1.12 bits per heavy atom. The molecule has 0 unspecified atom stereocenters. The maximum absolute atomic E-state index is 11.5. The van der Waals surface area contributed by atoms with E-state index in [1.165, 1.54) is 0 Å². The molecular formula is C23H26BBrN4O3S. The summed E-state index contributed by atoms with van der Waals surface area (Å²) in [5.74, 6) is 0. The molecule has 1 fully saturated rings. The number of fused-ring (bicyclic) bond motifs is 1. The molecule has 3 aromatic heterocycles. The Morgan fingerprint density at radius 3 is 2.52 bits per heavy atom. The van der Waals surface area contributed by atoms with Crippen LogP contribution in [0.2, 0.25) is 0 Å². The zero-order chi connectivity index (χ0) is 23.8. The fraction of sp³-hybridized carbons (Fsp3) is 0.348. The van der Waals surface area contributed by atoms with Crippen molar-refractivity contribution in [2.24, 2.45) is 0 Å². The standard InChI is InChI=1S/C13H17BN2O2.C10H9BrN2OS/c1-12(2)13(3,4)18-14(17-12)10-6-5-9-8-15-16-11(9)7-10;1-7-12-4-9(15-7)6-13-5-8(11)2-3-10(13)14/h5-8H,1-4H3,(H,15,16);2-5H,6H2,1H3. The van der Waals surface area contributed by atoms with E-state index >= 15 is 0 Å². The molecule has 1 aliphatic rings. The molecule has 33 heavy (non-hydrogen) atoms. The highest BCUT2D eigenvalue weighted by Gasteiger charge is 2.51. The summed E-state index contributed by atoms with van der Waals surface area (Å²) < 4.78 is 14.6. The number of hydrogen-bond donors (Lipinski definition) is 1. The molecule has 0 spiro atoms. The van der Waals surface area contributed by atoms with Crippen LogP contribution in [0.4, 0.5) is 0 Å². The summed E-state index contributed by atoms with van der Waals surface area (Å²) in [4.78, 5) is 16.8. The average Bonchev–Trinajstić information content (AvgIpc) is 3.43. The Kier molecular flexibility index (Phi) is 6.64. The molecule has 1 aliphatic heterocycles. The predicted octanol–water partition coefficient (Wildman–Crippen LogP) is 4.29. The van der Waals surface area contributed by atoms with Crippen LogP contribution >= 0.6 is 27.3 Å². The van der Waals surface area contributed by atoms with Crippen LogP contribution in [0.25, 0.3) is 10.9 Å². The molecule has 1 aromatic carbocycles. The second-order valence-corrected chi connectivity index (χ2v) is 11.2. The van der Waals surface area contributed by atoms with Gasteiger partial charge in [-0.2, -0.15) is 5.10 Å². The molecule has 0 atom stereocenters. The zero-order valence-electron chi connectivity index (χ0n) is 19.3. The molecule has 4 heterocycles. The van der Waals surface area contributed by atoms with Gasteiger partial charge in [0.2, 0.25) is 0 Å². The van der Waals surface area contributed by atoms with Crippen LogP contribution < -0.4 is 11.0 Å². The number of nitrogens with one attached hydrogen (secondary N) is 1. The van der Waals surface area contributed by atoms with E-state index in [1.54, 1.807) is 34.2 Å². The van der Waals surface area contributed by atoms with Crippen LogP contribution in [0, 0.1) is 6.92 Å². The molecule has 0 aliphatic carbocycles. The number of aromatic amines is 1. The number of H-pyrrole nitrogens is 1. The van der Waals surface area contributed by atoms with E-state index in [2.05, 4.69) is 58.8 Å². The van der Waals surface area contributed by atoms with Gasteiger partial charge in [0.25, 0.3) is 5.56 Å². The number of pyridine rings is 1. The van der Waals surface area contributed by atoms with E-state index < -0.39 is 0 Å². The van der Waals surface area contributed by atoms with Gasteiger partial charge in [-0.05, 0) is 68.1 Å². The van der Waals surface area contributed by atoms with Gasteiger partial charge >= 0.3 is 7.12 Å². The van der Waals surface area contributed by atoms with Crippen LogP contribution in [0.3, 0.4) is 0 Å². The van der Waals surface area contributed by atoms with E-state index in [4.69, 9.17) is 9.31 Å². The third-order valence-corrected chi connectivity index (χ3v) is 7.30. The average molecular weight is 529 g/mol. The lowest BCUT2D eigenvalue weighted by Crippen LogP contribution is -2.41. The smallest absolute Gasteiger partial charge is 0.399 e. The molecular weight excluding hydrogens is 503 g/mol. The third-order valence-electron chi connectivity index (χ3n) is 5.93. The quantitative estimate of drug-likeness (QED) is 0.401. The van der Waals surface area contributed by atoms with E-state index in [9.17, 15) is 4.79 Å². The van der Waals surface area contributed by atoms with E-state index in [0.717, 1.165) is 30.7 Å². The zero-order valence-corrected chi connectivity index (χ0v) is 21.7. The predicted molar refractivity (Wildman–Crippen MR) is 136 cm³/mol. The summed E-state index contributed by atoms with van der Waals surface area (Å²) in [6, 6.07) is 9.39. The maximum atomic E-state index is 11.5. The highest BCUT2D eigenvalue weighted by atomic mass is 79.9. The Balaban J connectivity index is 0.000000160. The lowest BCUT2D eigenvalue weighted by molar-refractivity contribution is 0.00578. The first-order chi connectivity index (χ1) is 15.5. The van der Waals surface area contributed by atoms with Gasteiger partial charge < -0.3 is 13.9 Å². The van der Waals surface area contributed by atoms with Crippen molar-refractivity contribution in [3.05, 3.63) is 73.6 Å². The van der Waals surface area contributed by atoms with Crippen molar-refractivity contribution in [1.82, 2.24) is 19.7 Å². The first-order valence-electron chi connectivity index (χ1n) is 10.6. The normalized spacial score (nSPS) is 16.6. The topological polar surface area (TPSA) is 82.0 Å². The molecule has 7 nitrogen and oxygen atoms in total. The van der Waals surface area contributed by atoms with Gasteiger partial charge in [-0.1, -0.05) is 12.1 Å². The number of hydrogen-bond acceptors (Lipinski definition) is 6. The van der Waals surface area contributed by atoms with E-state index in [0.29, 0.717) is 6.54 Å². The summed E-state index contributed by atoms with van der Waals surface area (Å²) in [5, 5.41) is 9.10. The van der Waals surface area contributed by atoms with Gasteiger partial charge in [0.05, 0.1) is 34.5 Å². The van der Waals surface area contributed by atoms with E-state index in [-0.39, 0.29) is 23.9 Å². The van der Waals surface area contributed by atoms with Gasteiger partial charge in [0.15, 0.2) is 0 Å². The van der Waals surface area contributed by atoms with Crippen LogP contribution in [0.15, 0.2) is 58.2 Å². The summed E-state index contributed by atoms with van der Waals surface area (Å²) in [5.41, 5.74) is 1.41. The van der Waals surface area contributed by atoms with Gasteiger partial charge in [-0.3, -0.25) is 9.89 Å². The van der Waals surface area contributed by atoms with Crippen LogP contribution in [-0.2, 0) is 15.9 Å². The van der Waals surface area contributed by atoms with Gasteiger partial charge in [-0.15, -0.1) is 11.3 Å². The number of aryl methyl sites for hydroxylation is 1. The van der Waals surface area contributed by atoms with Crippen LogP contribution in [0.5, 0.6) is 0 Å². The Labute approximate surface area is 205 Å². The van der Waals surface area contributed by atoms with Crippen LogP contribution in [0.1, 0.15) is 37.6 Å². The second kappa shape index (κ2) is 9.17. The highest BCUT2D eigenvalue weighted by Crippen LogP contribution is 2.36. The lowest BCUT2D eigenvalue weighted by Gasteiger charge is -2.32. The molecule has 172 valence electrons. The Hall–Kier alpha value is -2.27. The van der Waals surface area contributed by atoms with Crippen LogP contribution in [-0.4, -0.2) is 38.1 Å². The second-order valence-electron chi connectivity index (χ2n) is 8.96. The van der Waals surface area contributed by atoms with Crippen molar-refractivity contribution in [3.63, 3.8) is 0 Å². The number of benzene rings is 1. The van der Waals surface area contributed by atoms with Gasteiger partial charge in [0.1, 0.15) is 0 Å². The molecule has 1 saturated heterocycles. The Morgan fingerprint density at radius 2 is 1.85 bits per heavy atom. The molecule has 0 radical (unpaired) electrons. The third kappa shape index (κ3) is 5.29. The van der Waals surface area contributed by atoms with Crippen molar-refractivity contribution in [2.45, 2.75) is 52.4 Å². The largest absolute Gasteiger partial charge is 0.494 e. The van der Waals surface area contributed by atoms with E-state index in [1.807, 2.05) is 37.5 Å². The fourth-order valence-electron chi connectivity index (χ4n) is 3.35. The van der Waals surface area contributed by atoms with Crippen molar-refractivity contribution < 1.29 is 9.31 Å². The van der Waals surface area contributed by atoms with Crippen molar-refractivity contribution in [3.8, 4) is 0 Å². The molecule has 10 heteroatoms. The van der Waals surface area contributed by atoms with Gasteiger partial charge in [0, 0.05) is 33.2 Å². The molecule has 5 rings (SSSR count). The number of halogens is 1. The minimum absolute atomic E-state index is 0.00394. The summed E-state index contributed by atoms with van der Waals surface area (Å²) >= 11 is 4.95. The monoisotopic (exact) mass is 528 g/mol. The minimum atomic E-state index is -0.317. The highest BCUT2D eigenvalue weighted by molar-refractivity contribution is 9.10. The summed E-state index contributed by atoms with van der Waals surface area (Å²) in [6.45, 7) is 10.8. The number of nitrogens with zero attached hydrogens (tertiary/aromatic N) is 3. The molecule has 0 amide bonds. The van der Waals surface area contributed by atoms with Crippen molar-refractivity contribution in [2.75, 3.05) is 0 Å². The van der Waals surface area contributed by atoms with Gasteiger partial charge in [-0.25, -0.2) is 4.98 Å². The first kappa shape index (κ1) is 23.9. The minimum Gasteiger partial charge on any atom is -0.399 e. The maximum Gasteiger partial charge on any atom is 0.494 e. The number of rotatable bonds is 3. The number of thiazole rings is 1. The number of aromatic nitrogens is 4. The molecule has 1 N–H and O–H groups in total. The fourth-order valence-corrected chi connectivity index (χ4v) is 4.53. The summed E-state index contributed by atoms with van der Waals surface area (Å²) in [6.07, 6.45) is 5.41. The molecule has 0 bridgehead atoms. The lowest BCUT2D eigenvalue weighted by atomic mass is 9.79. The Bertz CT molecular complexity index is 1310. The SMILES string of the molecule is CC1(C)OB(c2ccc3cn[nH]c3c2)OC1(C)C.Cc1ncc(Cn2cc(Br)ccc2=O)s1. The summed E-state index contributed by atoms with van der Waals surface area (Å²) in [7, 11) is -0.317. The first-order valence-corrected chi connectivity index (χ1v) is 12.2. The van der Waals surface area contributed by atoms with Crippen molar-refractivity contribution >= 4 is 50.8 Å². The van der Waals surface area contributed by atoms with Crippen molar-refractivity contribution in [1.29, 1.82) is 0 Å².